The van der Waals surface area contributed by atoms with Crippen molar-refractivity contribution < 1.29 is 14.7 Å². The highest BCUT2D eigenvalue weighted by molar-refractivity contribution is 5.87. The fraction of sp³-hybridized carbons (Fsp3) is 0.833. The molecule has 5 heteroatoms. The molecule has 96 valence electrons. The van der Waals surface area contributed by atoms with Gasteiger partial charge in [0.05, 0.1) is 6.04 Å². The van der Waals surface area contributed by atoms with Gasteiger partial charge in [-0.25, -0.2) is 4.79 Å². The van der Waals surface area contributed by atoms with Crippen LogP contribution in [0.5, 0.6) is 0 Å². The van der Waals surface area contributed by atoms with Gasteiger partial charge in [-0.05, 0) is 45.6 Å². The van der Waals surface area contributed by atoms with Crippen LogP contribution in [0.2, 0.25) is 0 Å². The molecule has 2 aliphatic heterocycles. The molecule has 0 aromatic heterocycles. The van der Waals surface area contributed by atoms with Crippen LogP contribution in [0.4, 0.5) is 0 Å². The molecule has 3 atom stereocenters. The van der Waals surface area contributed by atoms with Gasteiger partial charge in [0, 0.05) is 6.04 Å². The van der Waals surface area contributed by atoms with Gasteiger partial charge in [0.15, 0.2) is 0 Å². The number of hydrogen-bond acceptors (Lipinski definition) is 3. The Kier molecular flexibility index (Phi) is 3.66. The lowest BCUT2D eigenvalue weighted by molar-refractivity contribution is -0.155. The molecule has 5 nitrogen and oxygen atoms in total. The van der Waals surface area contributed by atoms with Crippen LogP contribution in [0, 0.1) is 0 Å². The molecule has 0 spiro atoms. The highest BCUT2D eigenvalue weighted by atomic mass is 16.4. The van der Waals surface area contributed by atoms with Crippen molar-refractivity contribution in [3.05, 3.63) is 0 Å². The standard InChI is InChI=1S/C12H20N2O3/c1-13-9-6-2-4-8-5-3-7-10(12(16)17)14(8)11(9)15/h8-10,13H,2-7H2,1H3,(H,16,17). The number of aliphatic carboxylic acids is 1. The molecular formula is C12H20N2O3. The molecule has 17 heavy (non-hydrogen) atoms. The number of carboxylic acids is 1. The first-order valence-electron chi connectivity index (χ1n) is 6.37. The molecular weight excluding hydrogens is 220 g/mol. The summed E-state index contributed by atoms with van der Waals surface area (Å²) in [7, 11) is 1.77. The highest BCUT2D eigenvalue weighted by Crippen LogP contribution is 2.30. The molecule has 1 amide bonds. The summed E-state index contributed by atoms with van der Waals surface area (Å²) in [5.41, 5.74) is 0. The number of piperidine rings is 1. The second-order valence-electron chi connectivity index (χ2n) is 4.96. The molecule has 2 rings (SSSR count). The number of nitrogens with one attached hydrogen (secondary N) is 1. The van der Waals surface area contributed by atoms with Crippen molar-refractivity contribution in [3.8, 4) is 0 Å². The summed E-state index contributed by atoms with van der Waals surface area (Å²) in [6, 6.07) is -0.689. The van der Waals surface area contributed by atoms with Crippen LogP contribution in [-0.2, 0) is 9.59 Å². The second kappa shape index (κ2) is 5.04. The Morgan fingerprint density at radius 3 is 2.53 bits per heavy atom. The maximum Gasteiger partial charge on any atom is 0.326 e. The first-order valence-corrected chi connectivity index (χ1v) is 6.37. The Balaban J connectivity index is 2.24. The average Bonchev–Trinajstić information content (AvgIpc) is 2.48. The Bertz CT molecular complexity index is 319. The van der Waals surface area contributed by atoms with Crippen molar-refractivity contribution in [2.45, 2.75) is 56.7 Å². The SMILES string of the molecule is CNC1CCCC2CCCC(C(=O)O)N2C1=O. The van der Waals surface area contributed by atoms with Crippen LogP contribution >= 0.6 is 0 Å². The molecule has 2 aliphatic rings. The second-order valence-corrected chi connectivity index (χ2v) is 4.96. The van der Waals surface area contributed by atoms with E-state index in [9.17, 15) is 14.7 Å². The van der Waals surface area contributed by atoms with E-state index in [1.165, 1.54) is 0 Å². The zero-order valence-electron chi connectivity index (χ0n) is 10.2. The molecule has 0 saturated carbocycles. The minimum absolute atomic E-state index is 0.0258. The smallest absolute Gasteiger partial charge is 0.326 e. The molecule has 2 heterocycles. The lowest BCUT2D eigenvalue weighted by atomic mass is 9.93. The number of amides is 1. The summed E-state index contributed by atoms with van der Waals surface area (Å²) >= 11 is 0. The van der Waals surface area contributed by atoms with E-state index in [4.69, 9.17) is 0 Å². The maximum absolute atomic E-state index is 12.3. The van der Waals surface area contributed by atoms with E-state index < -0.39 is 12.0 Å². The Morgan fingerprint density at radius 2 is 1.94 bits per heavy atom. The summed E-state index contributed by atoms with van der Waals surface area (Å²) in [5, 5.41) is 12.2. The summed E-state index contributed by atoms with van der Waals surface area (Å²) in [4.78, 5) is 25.2. The van der Waals surface area contributed by atoms with E-state index in [1.54, 1.807) is 11.9 Å². The normalized spacial score (nSPS) is 34.1. The molecule has 0 aromatic rings. The largest absolute Gasteiger partial charge is 0.480 e. The Labute approximate surface area is 101 Å². The minimum Gasteiger partial charge on any atom is -0.480 e. The number of carbonyl (C=O) groups is 2. The van der Waals surface area contributed by atoms with Crippen molar-refractivity contribution in [2.24, 2.45) is 0 Å². The monoisotopic (exact) mass is 240 g/mol. The zero-order chi connectivity index (χ0) is 12.4. The number of carbonyl (C=O) groups excluding carboxylic acids is 1. The van der Waals surface area contributed by atoms with Gasteiger partial charge in [0.1, 0.15) is 6.04 Å². The third kappa shape index (κ3) is 2.29. The molecule has 2 N–H and O–H groups in total. The topological polar surface area (TPSA) is 69.6 Å². The lowest BCUT2D eigenvalue weighted by Crippen LogP contribution is -2.56. The van der Waals surface area contributed by atoms with E-state index in [0.29, 0.717) is 6.42 Å². The van der Waals surface area contributed by atoms with Gasteiger partial charge >= 0.3 is 5.97 Å². The van der Waals surface area contributed by atoms with Crippen LogP contribution in [0.15, 0.2) is 0 Å². The molecule has 0 aromatic carbocycles. The van der Waals surface area contributed by atoms with Gasteiger partial charge in [-0.3, -0.25) is 4.79 Å². The third-order valence-corrected chi connectivity index (χ3v) is 3.96. The van der Waals surface area contributed by atoms with Gasteiger partial charge in [-0.15, -0.1) is 0 Å². The van der Waals surface area contributed by atoms with Crippen LogP contribution in [0.1, 0.15) is 38.5 Å². The highest BCUT2D eigenvalue weighted by Gasteiger charge is 2.41. The first kappa shape index (κ1) is 12.4. The molecule has 0 bridgehead atoms. The van der Waals surface area contributed by atoms with E-state index in [2.05, 4.69) is 5.32 Å². The van der Waals surface area contributed by atoms with E-state index in [-0.39, 0.29) is 18.0 Å². The summed E-state index contributed by atoms with van der Waals surface area (Å²) in [6.07, 6.45) is 5.20. The lowest BCUT2D eigenvalue weighted by Gasteiger charge is -2.40. The van der Waals surface area contributed by atoms with Gasteiger partial charge in [0.25, 0.3) is 0 Å². The number of likely N-dealkylation sites (N-methyl/N-ethyl adjacent to an activating group) is 1. The number of hydrogen-bond donors (Lipinski definition) is 2. The van der Waals surface area contributed by atoms with E-state index in [0.717, 1.165) is 32.1 Å². The maximum atomic E-state index is 12.3. The fourth-order valence-corrected chi connectivity index (χ4v) is 3.07. The molecule has 3 unspecified atom stereocenters. The molecule has 2 saturated heterocycles. The third-order valence-electron chi connectivity index (χ3n) is 3.96. The molecule has 2 fully saturated rings. The number of carboxylic acid groups (broad SMARTS) is 1. The van der Waals surface area contributed by atoms with Crippen LogP contribution < -0.4 is 5.32 Å². The van der Waals surface area contributed by atoms with Gasteiger partial charge in [-0.1, -0.05) is 0 Å². The van der Waals surface area contributed by atoms with Crippen LogP contribution in [0.25, 0.3) is 0 Å². The summed E-state index contributed by atoms with van der Waals surface area (Å²) in [6.45, 7) is 0. The Hall–Kier alpha value is -1.10. The molecule has 0 radical (unpaired) electrons. The van der Waals surface area contributed by atoms with Crippen molar-refractivity contribution in [1.29, 1.82) is 0 Å². The summed E-state index contributed by atoms with van der Waals surface area (Å²) < 4.78 is 0. The van der Waals surface area contributed by atoms with Gasteiger partial charge < -0.3 is 15.3 Å². The predicted octanol–water partition coefficient (Wildman–Crippen LogP) is 0.593. The quantitative estimate of drug-likeness (QED) is 0.741. The van der Waals surface area contributed by atoms with Crippen LogP contribution in [0.3, 0.4) is 0 Å². The minimum atomic E-state index is -0.861. The number of nitrogens with zero attached hydrogens (tertiary/aromatic N) is 1. The van der Waals surface area contributed by atoms with Crippen molar-refractivity contribution in [1.82, 2.24) is 10.2 Å². The van der Waals surface area contributed by atoms with Crippen molar-refractivity contribution in [3.63, 3.8) is 0 Å². The first-order chi connectivity index (χ1) is 8.15. The molecule has 0 aliphatic carbocycles. The fourth-order valence-electron chi connectivity index (χ4n) is 3.07. The number of rotatable bonds is 2. The van der Waals surface area contributed by atoms with Crippen molar-refractivity contribution in [2.75, 3.05) is 7.05 Å². The predicted molar refractivity (Wildman–Crippen MR) is 62.6 cm³/mol. The van der Waals surface area contributed by atoms with Crippen LogP contribution in [-0.4, -0.2) is 47.1 Å². The van der Waals surface area contributed by atoms with E-state index in [1.807, 2.05) is 0 Å². The zero-order valence-corrected chi connectivity index (χ0v) is 10.2. The van der Waals surface area contributed by atoms with Gasteiger partial charge in [-0.2, -0.15) is 0 Å². The summed E-state index contributed by atoms with van der Waals surface area (Å²) in [5.74, 6) is -0.887. The average molecular weight is 240 g/mol. The van der Waals surface area contributed by atoms with Gasteiger partial charge in [0.2, 0.25) is 5.91 Å². The Morgan fingerprint density at radius 1 is 1.29 bits per heavy atom. The number of fused-ring (bicyclic) bond motifs is 1. The van der Waals surface area contributed by atoms with E-state index >= 15 is 0 Å². The van der Waals surface area contributed by atoms with Crippen molar-refractivity contribution >= 4 is 11.9 Å².